The van der Waals surface area contributed by atoms with Crippen LogP contribution in [0.25, 0.3) is 0 Å². The van der Waals surface area contributed by atoms with Crippen LogP contribution in [0.4, 0.5) is 5.69 Å². The lowest BCUT2D eigenvalue weighted by Gasteiger charge is -2.36. The topological polar surface area (TPSA) is 39.7 Å². The number of rotatable bonds is 4. The Morgan fingerprint density at radius 2 is 2.12 bits per heavy atom. The van der Waals surface area contributed by atoms with Gasteiger partial charge in [-0.25, -0.2) is 0 Å². The monoisotopic (exact) mass is 235 g/mol. The van der Waals surface area contributed by atoms with Crippen molar-refractivity contribution in [2.24, 2.45) is 0 Å². The van der Waals surface area contributed by atoms with E-state index in [1.165, 1.54) is 0 Å². The second kappa shape index (κ2) is 4.45. The molecule has 0 atom stereocenters. The molecule has 2 aliphatic rings. The molecule has 1 aliphatic heterocycles. The summed E-state index contributed by atoms with van der Waals surface area (Å²) >= 11 is 0. The highest BCUT2D eigenvalue weighted by molar-refractivity contribution is 5.56. The molecule has 0 bridgehead atoms. The van der Waals surface area contributed by atoms with Gasteiger partial charge in [0.1, 0.15) is 0 Å². The Bertz CT molecular complexity index is 402. The van der Waals surface area contributed by atoms with Gasteiger partial charge < -0.3 is 19.5 Å². The first-order valence-electron chi connectivity index (χ1n) is 6.13. The summed E-state index contributed by atoms with van der Waals surface area (Å²) in [6.07, 6.45) is 2.61. The van der Waals surface area contributed by atoms with Crippen molar-refractivity contribution in [2.75, 3.05) is 18.7 Å². The van der Waals surface area contributed by atoms with Crippen molar-refractivity contribution < 1.29 is 14.2 Å². The quantitative estimate of drug-likeness (QED) is 0.869. The van der Waals surface area contributed by atoms with Gasteiger partial charge >= 0.3 is 0 Å². The zero-order chi connectivity index (χ0) is 11.7. The molecule has 3 rings (SSSR count). The van der Waals surface area contributed by atoms with Gasteiger partial charge in [0.25, 0.3) is 0 Å². The molecule has 92 valence electrons. The lowest BCUT2D eigenvalue weighted by molar-refractivity contribution is 0.00299. The van der Waals surface area contributed by atoms with Crippen LogP contribution in [-0.4, -0.2) is 25.5 Å². The van der Waals surface area contributed by atoms with E-state index in [-0.39, 0.29) is 0 Å². The Balaban J connectivity index is 1.56. The number of fused-ring (bicyclic) bond motifs is 1. The van der Waals surface area contributed by atoms with Crippen molar-refractivity contribution in [1.82, 2.24) is 0 Å². The molecule has 1 fully saturated rings. The summed E-state index contributed by atoms with van der Waals surface area (Å²) in [5.41, 5.74) is 1.09. The van der Waals surface area contributed by atoms with E-state index in [9.17, 15) is 0 Å². The standard InChI is InChI=1S/C13H17NO3/c1-2-15-11-5-10(6-11)14-9-3-4-12-13(7-9)17-8-16-12/h3-4,7,10-11,14H,2,5-6,8H2,1H3. The molecular formula is C13H17NO3. The molecule has 1 saturated carbocycles. The van der Waals surface area contributed by atoms with Crippen LogP contribution in [0, 0.1) is 0 Å². The molecule has 1 N–H and O–H groups in total. The molecule has 0 saturated heterocycles. The van der Waals surface area contributed by atoms with Crippen LogP contribution in [0.5, 0.6) is 11.5 Å². The van der Waals surface area contributed by atoms with Crippen molar-refractivity contribution in [1.29, 1.82) is 0 Å². The summed E-state index contributed by atoms with van der Waals surface area (Å²) in [6, 6.07) is 6.49. The zero-order valence-corrected chi connectivity index (χ0v) is 9.94. The van der Waals surface area contributed by atoms with Crippen molar-refractivity contribution in [2.45, 2.75) is 31.9 Å². The van der Waals surface area contributed by atoms with Gasteiger partial charge in [0.15, 0.2) is 11.5 Å². The minimum Gasteiger partial charge on any atom is -0.454 e. The van der Waals surface area contributed by atoms with E-state index >= 15 is 0 Å². The molecule has 0 amide bonds. The largest absolute Gasteiger partial charge is 0.454 e. The fourth-order valence-electron chi connectivity index (χ4n) is 2.28. The minimum absolute atomic E-state index is 0.328. The van der Waals surface area contributed by atoms with E-state index < -0.39 is 0 Å². The highest BCUT2D eigenvalue weighted by atomic mass is 16.7. The van der Waals surface area contributed by atoms with Crippen LogP contribution in [0.3, 0.4) is 0 Å². The van der Waals surface area contributed by atoms with E-state index in [0.717, 1.165) is 36.6 Å². The third kappa shape index (κ3) is 2.17. The molecule has 1 heterocycles. The Labute approximate surface area is 101 Å². The number of benzene rings is 1. The van der Waals surface area contributed by atoms with Gasteiger partial charge in [-0.05, 0) is 31.9 Å². The molecule has 1 aromatic carbocycles. The van der Waals surface area contributed by atoms with E-state index in [4.69, 9.17) is 14.2 Å². The molecule has 0 unspecified atom stereocenters. The van der Waals surface area contributed by atoms with Crippen molar-refractivity contribution >= 4 is 5.69 Å². The number of nitrogens with one attached hydrogen (secondary N) is 1. The van der Waals surface area contributed by atoms with Gasteiger partial charge in [0, 0.05) is 24.4 Å². The Morgan fingerprint density at radius 1 is 1.29 bits per heavy atom. The highest BCUT2D eigenvalue weighted by Crippen LogP contribution is 2.35. The highest BCUT2D eigenvalue weighted by Gasteiger charge is 2.29. The first-order chi connectivity index (χ1) is 8.35. The number of hydrogen-bond acceptors (Lipinski definition) is 4. The maximum atomic E-state index is 5.54. The fourth-order valence-corrected chi connectivity index (χ4v) is 2.28. The van der Waals surface area contributed by atoms with Crippen LogP contribution >= 0.6 is 0 Å². The first-order valence-corrected chi connectivity index (χ1v) is 6.13. The SMILES string of the molecule is CCOC1CC(Nc2ccc3c(c2)OCO3)C1. The lowest BCUT2D eigenvalue weighted by Crippen LogP contribution is -2.40. The molecule has 0 aromatic heterocycles. The van der Waals surface area contributed by atoms with Crippen LogP contribution in [0.2, 0.25) is 0 Å². The maximum absolute atomic E-state index is 5.54. The first kappa shape index (κ1) is 10.7. The summed E-state index contributed by atoms with van der Waals surface area (Å²) < 4.78 is 16.2. The summed E-state index contributed by atoms with van der Waals surface area (Å²) in [5.74, 6) is 1.66. The van der Waals surface area contributed by atoms with Gasteiger partial charge in [0.2, 0.25) is 6.79 Å². The predicted octanol–water partition coefficient (Wildman–Crippen LogP) is 2.39. The van der Waals surface area contributed by atoms with Crippen LogP contribution in [-0.2, 0) is 4.74 Å². The molecule has 1 aromatic rings. The van der Waals surface area contributed by atoms with Gasteiger partial charge in [-0.2, -0.15) is 0 Å². The predicted molar refractivity (Wildman–Crippen MR) is 64.6 cm³/mol. The van der Waals surface area contributed by atoms with Gasteiger partial charge in [-0.3, -0.25) is 0 Å². The average molecular weight is 235 g/mol. The fraction of sp³-hybridized carbons (Fsp3) is 0.538. The van der Waals surface area contributed by atoms with Crippen LogP contribution < -0.4 is 14.8 Å². The Kier molecular flexibility index (Phi) is 2.81. The lowest BCUT2D eigenvalue weighted by atomic mass is 9.89. The molecule has 17 heavy (non-hydrogen) atoms. The van der Waals surface area contributed by atoms with Crippen molar-refractivity contribution in [3.05, 3.63) is 18.2 Å². The van der Waals surface area contributed by atoms with Gasteiger partial charge in [0.05, 0.1) is 6.10 Å². The second-order valence-corrected chi connectivity index (χ2v) is 4.46. The normalized spacial score (nSPS) is 25.5. The second-order valence-electron chi connectivity index (χ2n) is 4.46. The van der Waals surface area contributed by atoms with Crippen molar-refractivity contribution in [3.63, 3.8) is 0 Å². The number of hydrogen-bond donors (Lipinski definition) is 1. The smallest absolute Gasteiger partial charge is 0.231 e. The molecular weight excluding hydrogens is 218 g/mol. The summed E-state index contributed by atoms with van der Waals surface area (Å²) in [4.78, 5) is 0. The van der Waals surface area contributed by atoms with Crippen LogP contribution in [0.15, 0.2) is 18.2 Å². The molecule has 0 spiro atoms. The summed E-state index contributed by atoms with van der Waals surface area (Å²) in [6.45, 7) is 3.18. The summed E-state index contributed by atoms with van der Waals surface area (Å²) in [5, 5.41) is 3.48. The van der Waals surface area contributed by atoms with Gasteiger partial charge in [-0.1, -0.05) is 0 Å². The zero-order valence-electron chi connectivity index (χ0n) is 9.94. The molecule has 4 heteroatoms. The van der Waals surface area contributed by atoms with E-state index in [0.29, 0.717) is 18.9 Å². The number of anilines is 1. The maximum Gasteiger partial charge on any atom is 0.231 e. The Hall–Kier alpha value is -1.42. The molecule has 0 radical (unpaired) electrons. The van der Waals surface area contributed by atoms with E-state index in [1.807, 2.05) is 25.1 Å². The third-order valence-electron chi connectivity index (χ3n) is 3.24. The average Bonchev–Trinajstić information content (AvgIpc) is 2.73. The van der Waals surface area contributed by atoms with E-state index in [1.54, 1.807) is 0 Å². The summed E-state index contributed by atoms with van der Waals surface area (Å²) in [7, 11) is 0. The minimum atomic E-state index is 0.328. The molecule has 4 nitrogen and oxygen atoms in total. The van der Waals surface area contributed by atoms with E-state index in [2.05, 4.69) is 5.32 Å². The van der Waals surface area contributed by atoms with Crippen LogP contribution in [0.1, 0.15) is 19.8 Å². The molecule has 1 aliphatic carbocycles. The van der Waals surface area contributed by atoms with Gasteiger partial charge in [-0.15, -0.1) is 0 Å². The van der Waals surface area contributed by atoms with Crippen molar-refractivity contribution in [3.8, 4) is 11.5 Å². The third-order valence-corrected chi connectivity index (χ3v) is 3.24. The Morgan fingerprint density at radius 3 is 2.94 bits per heavy atom. The number of ether oxygens (including phenoxy) is 3.